The largest absolute Gasteiger partial charge is 0.316 e. The van der Waals surface area contributed by atoms with Crippen LogP contribution in [0.25, 0.3) is 0 Å². The minimum Gasteiger partial charge on any atom is -0.316 e. The summed E-state index contributed by atoms with van der Waals surface area (Å²) < 4.78 is 27.1. The van der Waals surface area contributed by atoms with E-state index in [2.05, 4.69) is 26.0 Å². The Morgan fingerprint density at radius 2 is 2.12 bits per heavy atom. The summed E-state index contributed by atoms with van der Waals surface area (Å²) in [6.07, 6.45) is 0. The monoisotopic (exact) mass is 340 g/mol. The molecule has 0 radical (unpaired) electrons. The fraction of sp³-hybridized carbons (Fsp3) is 0.400. The third-order valence-corrected chi connectivity index (χ3v) is 4.66. The molecule has 0 aliphatic carbocycles. The van der Waals surface area contributed by atoms with Gasteiger partial charge in [-0.1, -0.05) is 27.5 Å². The van der Waals surface area contributed by atoms with Gasteiger partial charge in [-0.15, -0.1) is 0 Å². The van der Waals surface area contributed by atoms with Crippen molar-refractivity contribution < 1.29 is 8.42 Å². The maximum atomic E-state index is 11.9. The lowest BCUT2D eigenvalue weighted by atomic mass is 10.4. The van der Waals surface area contributed by atoms with Gasteiger partial charge in [0.15, 0.2) is 0 Å². The van der Waals surface area contributed by atoms with E-state index >= 15 is 0 Å². The van der Waals surface area contributed by atoms with Gasteiger partial charge >= 0.3 is 0 Å². The smallest absolute Gasteiger partial charge is 0.242 e. The number of halogens is 2. The van der Waals surface area contributed by atoms with Crippen LogP contribution in [0.2, 0.25) is 5.02 Å². The Morgan fingerprint density at radius 1 is 1.47 bits per heavy atom. The van der Waals surface area contributed by atoms with Crippen molar-refractivity contribution >= 4 is 37.6 Å². The van der Waals surface area contributed by atoms with Crippen LogP contribution in [-0.4, -0.2) is 28.1 Å². The minimum absolute atomic E-state index is 0.0546. The minimum atomic E-state index is -3.56. The molecule has 1 aromatic carbocycles. The van der Waals surface area contributed by atoms with Gasteiger partial charge in [0.2, 0.25) is 10.0 Å². The van der Waals surface area contributed by atoms with Gasteiger partial charge in [-0.25, -0.2) is 13.1 Å². The van der Waals surface area contributed by atoms with Crippen LogP contribution in [0.3, 0.4) is 0 Å². The molecule has 0 heterocycles. The van der Waals surface area contributed by atoms with Crippen molar-refractivity contribution in [3.05, 3.63) is 27.7 Å². The van der Waals surface area contributed by atoms with Crippen LogP contribution in [0.1, 0.15) is 6.92 Å². The molecule has 1 rings (SSSR count). The quantitative estimate of drug-likeness (QED) is 0.861. The summed E-state index contributed by atoms with van der Waals surface area (Å²) in [5.41, 5.74) is 0. The number of hydrogen-bond donors (Lipinski definition) is 2. The van der Waals surface area contributed by atoms with Crippen LogP contribution in [-0.2, 0) is 10.0 Å². The Bertz CT molecular complexity index is 493. The van der Waals surface area contributed by atoms with Gasteiger partial charge in [0.1, 0.15) is 4.90 Å². The highest BCUT2D eigenvalue weighted by Crippen LogP contribution is 2.24. The van der Waals surface area contributed by atoms with E-state index in [0.29, 0.717) is 6.54 Å². The molecule has 0 aromatic heterocycles. The molecule has 0 aliphatic heterocycles. The predicted molar refractivity (Wildman–Crippen MR) is 72.9 cm³/mol. The molecule has 0 amide bonds. The van der Waals surface area contributed by atoms with Gasteiger partial charge in [0.25, 0.3) is 0 Å². The highest BCUT2D eigenvalue weighted by molar-refractivity contribution is 9.10. The Balaban J connectivity index is 2.90. The summed E-state index contributed by atoms with van der Waals surface area (Å²) in [6.45, 7) is 2.19. The molecular formula is C10H14BrClN2O2S. The maximum Gasteiger partial charge on any atom is 0.242 e. The first kappa shape index (κ1) is 14.9. The molecule has 0 bridgehead atoms. The standard InChI is InChI=1S/C10H14BrClN2O2S/c1-7(13-2)6-14-17(15,16)10-4-3-8(11)5-9(10)12/h3-5,7,13-14H,6H2,1-2H3. The van der Waals surface area contributed by atoms with Gasteiger partial charge < -0.3 is 5.32 Å². The summed E-state index contributed by atoms with van der Waals surface area (Å²) in [5, 5.41) is 3.14. The third-order valence-electron chi connectivity index (χ3n) is 2.26. The number of sulfonamides is 1. The Kier molecular flexibility index (Phi) is 5.40. The number of hydrogen-bond acceptors (Lipinski definition) is 3. The van der Waals surface area contributed by atoms with E-state index in [0.717, 1.165) is 4.47 Å². The molecule has 0 saturated carbocycles. The Morgan fingerprint density at radius 3 is 2.65 bits per heavy atom. The molecule has 96 valence electrons. The summed E-state index contributed by atoms with van der Waals surface area (Å²) in [5.74, 6) is 0. The number of likely N-dealkylation sites (N-methyl/N-ethyl adjacent to an activating group) is 1. The van der Waals surface area contributed by atoms with Crippen LogP contribution in [0.15, 0.2) is 27.6 Å². The van der Waals surface area contributed by atoms with E-state index in [1.54, 1.807) is 19.2 Å². The molecule has 0 fully saturated rings. The van der Waals surface area contributed by atoms with Crippen molar-refractivity contribution in [2.75, 3.05) is 13.6 Å². The Labute approximate surface area is 115 Å². The van der Waals surface area contributed by atoms with Crippen LogP contribution >= 0.6 is 27.5 Å². The normalized spacial score (nSPS) is 13.6. The highest BCUT2D eigenvalue weighted by Gasteiger charge is 2.18. The molecule has 4 nitrogen and oxygen atoms in total. The van der Waals surface area contributed by atoms with E-state index in [4.69, 9.17) is 11.6 Å². The van der Waals surface area contributed by atoms with Crippen molar-refractivity contribution in [3.63, 3.8) is 0 Å². The molecule has 1 atom stereocenters. The number of nitrogens with one attached hydrogen (secondary N) is 2. The first-order valence-corrected chi connectivity index (χ1v) is 7.64. The average molecular weight is 342 g/mol. The first-order valence-electron chi connectivity index (χ1n) is 4.99. The number of benzene rings is 1. The zero-order valence-corrected chi connectivity index (χ0v) is 12.7. The Hall–Kier alpha value is -0.140. The molecule has 7 heteroatoms. The van der Waals surface area contributed by atoms with Crippen LogP contribution < -0.4 is 10.0 Å². The molecule has 0 saturated heterocycles. The van der Waals surface area contributed by atoms with Crippen LogP contribution in [0, 0.1) is 0 Å². The molecule has 1 unspecified atom stereocenters. The summed E-state index contributed by atoms with van der Waals surface area (Å²) in [7, 11) is -1.79. The molecular weight excluding hydrogens is 328 g/mol. The van der Waals surface area contributed by atoms with Crippen molar-refractivity contribution in [2.45, 2.75) is 17.9 Å². The fourth-order valence-corrected chi connectivity index (χ4v) is 3.27. The first-order chi connectivity index (χ1) is 7.86. The summed E-state index contributed by atoms with van der Waals surface area (Å²) in [6, 6.07) is 4.72. The van der Waals surface area contributed by atoms with Crippen molar-refractivity contribution in [2.24, 2.45) is 0 Å². The maximum absolute atomic E-state index is 11.9. The van der Waals surface area contributed by atoms with Crippen molar-refractivity contribution in [1.29, 1.82) is 0 Å². The lowest BCUT2D eigenvalue weighted by Crippen LogP contribution is -2.37. The van der Waals surface area contributed by atoms with Crippen LogP contribution in [0.5, 0.6) is 0 Å². The fourth-order valence-electron chi connectivity index (χ4n) is 1.11. The number of rotatable bonds is 5. The van der Waals surface area contributed by atoms with E-state index < -0.39 is 10.0 Å². The highest BCUT2D eigenvalue weighted by atomic mass is 79.9. The second-order valence-corrected chi connectivity index (χ2v) is 6.67. The molecule has 1 aromatic rings. The molecule has 2 N–H and O–H groups in total. The third kappa shape index (κ3) is 4.22. The van der Waals surface area contributed by atoms with Gasteiger partial charge in [-0.3, -0.25) is 0 Å². The van der Waals surface area contributed by atoms with E-state index in [1.165, 1.54) is 6.07 Å². The molecule has 0 spiro atoms. The second-order valence-electron chi connectivity index (χ2n) is 3.62. The van der Waals surface area contributed by atoms with Gasteiger partial charge in [-0.2, -0.15) is 0 Å². The van der Waals surface area contributed by atoms with Gasteiger partial charge in [0.05, 0.1) is 5.02 Å². The lowest BCUT2D eigenvalue weighted by Gasteiger charge is -2.12. The summed E-state index contributed by atoms with van der Waals surface area (Å²) in [4.78, 5) is 0.0886. The molecule has 17 heavy (non-hydrogen) atoms. The lowest BCUT2D eigenvalue weighted by molar-refractivity contribution is 0.554. The summed E-state index contributed by atoms with van der Waals surface area (Å²) >= 11 is 9.13. The topological polar surface area (TPSA) is 58.2 Å². The predicted octanol–water partition coefficient (Wildman–Crippen LogP) is 1.99. The molecule has 0 aliphatic rings. The zero-order valence-electron chi connectivity index (χ0n) is 9.50. The van der Waals surface area contributed by atoms with E-state index in [9.17, 15) is 8.42 Å². The SMILES string of the molecule is CNC(C)CNS(=O)(=O)c1ccc(Br)cc1Cl. The van der Waals surface area contributed by atoms with Crippen LogP contribution in [0.4, 0.5) is 0 Å². The van der Waals surface area contributed by atoms with Crippen molar-refractivity contribution in [1.82, 2.24) is 10.0 Å². The van der Waals surface area contributed by atoms with Crippen molar-refractivity contribution in [3.8, 4) is 0 Å². The van der Waals surface area contributed by atoms with E-state index in [1.807, 2.05) is 6.92 Å². The van der Waals surface area contributed by atoms with Gasteiger partial charge in [0, 0.05) is 17.1 Å². The zero-order chi connectivity index (χ0) is 13.1. The second kappa shape index (κ2) is 6.15. The van der Waals surface area contributed by atoms with Gasteiger partial charge in [-0.05, 0) is 32.2 Å². The van der Waals surface area contributed by atoms with E-state index in [-0.39, 0.29) is 16.0 Å². The average Bonchev–Trinajstić information content (AvgIpc) is 2.25.